The quantitative estimate of drug-likeness (QED) is 0.847. The first-order chi connectivity index (χ1) is 9.88. The van der Waals surface area contributed by atoms with Crippen LogP contribution in [0.5, 0.6) is 0 Å². The van der Waals surface area contributed by atoms with Gasteiger partial charge in [-0.3, -0.25) is 0 Å². The largest absolute Gasteiger partial charge is 0.478 e. The molecule has 0 unspecified atom stereocenters. The molecule has 116 valence electrons. The van der Waals surface area contributed by atoms with Crippen LogP contribution in [0.25, 0.3) is 0 Å². The topological polar surface area (TPSA) is 86.7 Å². The number of sulfonamides is 1. The number of piperidine rings is 1. The van der Waals surface area contributed by atoms with Crippen LogP contribution in [0.3, 0.4) is 0 Å². The summed E-state index contributed by atoms with van der Waals surface area (Å²) in [5.41, 5.74) is 0.0734. The Labute approximate surface area is 124 Å². The Bertz CT molecular complexity index is 590. The monoisotopic (exact) mass is 312 g/mol. The lowest BCUT2D eigenvalue weighted by Crippen LogP contribution is -2.36. The summed E-state index contributed by atoms with van der Waals surface area (Å²) in [5.74, 6) is -0.715. The van der Waals surface area contributed by atoms with Gasteiger partial charge in [-0.15, -0.1) is 0 Å². The maximum absolute atomic E-state index is 12.2. The van der Waals surface area contributed by atoms with Crippen LogP contribution in [0.1, 0.15) is 23.2 Å². The van der Waals surface area contributed by atoms with Crippen molar-refractivity contribution in [3.63, 3.8) is 0 Å². The van der Waals surface area contributed by atoms with E-state index in [0.717, 1.165) is 25.9 Å². The Hall–Kier alpha value is -1.44. The summed E-state index contributed by atoms with van der Waals surface area (Å²) in [6, 6.07) is 5.24. The molecule has 1 heterocycles. The molecule has 2 N–H and O–H groups in total. The summed E-state index contributed by atoms with van der Waals surface area (Å²) < 4.78 is 26.9. The predicted octanol–water partition coefficient (Wildman–Crippen LogP) is 1.00. The van der Waals surface area contributed by atoms with Crippen LogP contribution in [0.2, 0.25) is 0 Å². The number of nitrogens with zero attached hydrogens (tertiary/aromatic N) is 1. The molecule has 0 radical (unpaired) electrons. The standard InChI is InChI=1S/C14H20N2O4S/c1-16-8-6-11(7-9-16)10-15-21(19,20)13-4-2-12(3-5-13)14(17)18/h2-5,11,15H,6-10H2,1H3,(H,17,18). The Kier molecular flexibility index (Phi) is 4.97. The molecule has 0 aliphatic carbocycles. The van der Waals surface area contributed by atoms with Gasteiger partial charge in [0, 0.05) is 6.54 Å². The lowest BCUT2D eigenvalue weighted by molar-refractivity contribution is 0.0696. The summed E-state index contributed by atoms with van der Waals surface area (Å²) in [7, 11) is -1.51. The molecule has 21 heavy (non-hydrogen) atoms. The minimum absolute atomic E-state index is 0.0734. The Morgan fingerprint density at radius 3 is 2.38 bits per heavy atom. The van der Waals surface area contributed by atoms with Crippen molar-refractivity contribution in [1.29, 1.82) is 0 Å². The number of hydrogen-bond donors (Lipinski definition) is 2. The molecule has 0 spiro atoms. The molecule has 1 aliphatic rings. The van der Waals surface area contributed by atoms with E-state index in [4.69, 9.17) is 5.11 Å². The van der Waals surface area contributed by atoms with Crippen molar-refractivity contribution in [3.8, 4) is 0 Å². The molecule has 1 saturated heterocycles. The average Bonchev–Trinajstić information content (AvgIpc) is 2.47. The molecule has 0 saturated carbocycles. The summed E-state index contributed by atoms with van der Waals surface area (Å²) in [6.45, 7) is 2.40. The molecular weight excluding hydrogens is 292 g/mol. The van der Waals surface area contributed by atoms with Gasteiger partial charge in [-0.05, 0) is 63.2 Å². The van der Waals surface area contributed by atoms with Crippen molar-refractivity contribution < 1.29 is 18.3 Å². The van der Waals surface area contributed by atoms with Gasteiger partial charge in [0.2, 0.25) is 10.0 Å². The highest BCUT2D eigenvalue weighted by atomic mass is 32.2. The maximum atomic E-state index is 12.2. The van der Waals surface area contributed by atoms with E-state index in [1.807, 2.05) is 0 Å². The molecule has 0 atom stereocenters. The number of nitrogens with one attached hydrogen (secondary N) is 1. The van der Waals surface area contributed by atoms with Gasteiger partial charge >= 0.3 is 5.97 Å². The van der Waals surface area contributed by atoms with Gasteiger partial charge < -0.3 is 10.0 Å². The van der Waals surface area contributed by atoms with Gasteiger partial charge in [-0.1, -0.05) is 0 Å². The van der Waals surface area contributed by atoms with E-state index >= 15 is 0 Å². The second-order valence-electron chi connectivity index (χ2n) is 5.43. The normalized spacial score (nSPS) is 17.8. The van der Waals surface area contributed by atoms with Crippen LogP contribution in [-0.2, 0) is 10.0 Å². The van der Waals surface area contributed by atoms with Gasteiger partial charge in [0.05, 0.1) is 10.5 Å². The zero-order chi connectivity index (χ0) is 15.5. The van der Waals surface area contributed by atoms with E-state index in [1.165, 1.54) is 24.3 Å². The van der Waals surface area contributed by atoms with Crippen LogP contribution >= 0.6 is 0 Å². The van der Waals surface area contributed by atoms with Crippen molar-refractivity contribution in [2.75, 3.05) is 26.7 Å². The molecule has 2 rings (SSSR count). The third kappa shape index (κ3) is 4.26. The van der Waals surface area contributed by atoms with Gasteiger partial charge in [-0.2, -0.15) is 0 Å². The first-order valence-electron chi connectivity index (χ1n) is 6.90. The fraction of sp³-hybridized carbons (Fsp3) is 0.500. The van der Waals surface area contributed by atoms with Gasteiger partial charge in [0.1, 0.15) is 0 Å². The van der Waals surface area contributed by atoms with Crippen LogP contribution in [0, 0.1) is 5.92 Å². The SMILES string of the molecule is CN1CCC(CNS(=O)(=O)c2ccc(C(=O)O)cc2)CC1. The number of hydrogen-bond acceptors (Lipinski definition) is 4. The van der Waals surface area contributed by atoms with Crippen LogP contribution < -0.4 is 4.72 Å². The lowest BCUT2D eigenvalue weighted by Gasteiger charge is -2.28. The van der Waals surface area contributed by atoms with E-state index in [0.29, 0.717) is 12.5 Å². The van der Waals surface area contributed by atoms with Crippen LogP contribution in [0.4, 0.5) is 0 Å². The fourth-order valence-corrected chi connectivity index (χ4v) is 3.47. The van der Waals surface area contributed by atoms with Crippen molar-refractivity contribution in [3.05, 3.63) is 29.8 Å². The number of likely N-dealkylation sites (tertiary alicyclic amines) is 1. The minimum atomic E-state index is -3.57. The number of carboxylic acids is 1. The third-order valence-electron chi connectivity index (χ3n) is 3.81. The van der Waals surface area contributed by atoms with Crippen LogP contribution in [-0.4, -0.2) is 51.1 Å². The van der Waals surface area contributed by atoms with Crippen molar-refractivity contribution in [2.45, 2.75) is 17.7 Å². The summed E-state index contributed by atoms with van der Waals surface area (Å²) in [6.07, 6.45) is 1.97. The van der Waals surface area contributed by atoms with Gasteiger partial charge in [0.15, 0.2) is 0 Å². The molecule has 0 aromatic heterocycles. The Balaban J connectivity index is 1.96. The number of benzene rings is 1. The van der Waals surface area contributed by atoms with E-state index in [9.17, 15) is 13.2 Å². The molecule has 7 heteroatoms. The van der Waals surface area contributed by atoms with Crippen LogP contribution in [0.15, 0.2) is 29.2 Å². The molecule has 1 aromatic rings. The second-order valence-corrected chi connectivity index (χ2v) is 7.20. The summed E-state index contributed by atoms with van der Waals surface area (Å²) in [5, 5.41) is 8.80. The van der Waals surface area contributed by atoms with E-state index in [1.54, 1.807) is 0 Å². The molecule has 1 aromatic carbocycles. The zero-order valence-corrected chi connectivity index (χ0v) is 12.8. The first kappa shape index (κ1) is 15.9. The third-order valence-corrected chi connectivity index (χ3v) is 5.25. The predicted molar refractivity (Wildman–Crippen MR) is 78.8 cm³/mol. The smallest absolute Gasteiger partial charge is 0.335 e. The molecule has 1 aliphatic heterocycles. The van der Waals surface area contributed by atoms with Gasteiger partial charge in [0.25, 0.3) is 0 Å². The second kappa shape index (κ2) is 6.55. The van der Waals surface area contributed by atoms with Crippen molar-refractivity contribution in [2.24, 2.45) is 5.92 Å². The summed E-state index contributed by atoms with van der Waals surface area (Å²) >= 11 is 0. The van der Waals surface area contributed by atoms with E-state index in [2.05, 4.69) is 16.7 Å². The highest BCUT2D eigenvalue weighted by molar-refractivity contribution is 7.89. The van der Waals surface area contributed by atoms with Crippen molar-refractivity contribution >= 4 is 16.0 Å². The molecular formula is C14H20N2O4S. The Morgan fingerprint density at radius 2 is 1.86 bits per heavy atom. The van der Waals surface area contributed by atoms with E-state index < -0.39 is 16.0 Å². The number of aromatic carboxylic acids is 1. The Morgan fingerprint density at radius 1 is 1.29 bits per heavy atom. The highest BCUT2D eigenvalue weighted by Gasteiger charge is 2.20. The van der Waals surface area contributed by atoms with E-state index in [-0.39, 0.29) is 10.5 Å². The summed E-state index contributed by atoms with van der Waals surface area (Å²) in [4.78, 5) is 13.1. The zero-order valence-electron chi connectivity index (χ0n) is 11.9. The van der Waals surface area contributed by atoms with Crippen molar-refractivity contribution in [1.82, 2.24) is 9.62 Å². The molecule has 1 fully saturated rings. The first-order valence-corrected chi connectivity index (χ1v) is 8.38. The number of carboxylic acid groups (broad SMARTS) is 1. The average molecular weight is 312 g/mol. The minimum Gasteiger partial charge on any atom is -0.478 e. The highest BCUT2D eigenvalue weighted by Crippen LogP contribution is 2.16. The fourth-order valence-electron chi connectivity index (χ4n) is 2.35. The number of rotatable bonds is 5. The maximum Gasteiger partial charge on any atom is 0.335 e. The number of carbonyl (C=O) groups is 1. The lowest BCUT2D eigenvalue weighted by atomic mass is 9.98. The molecule has 0 amide bonds. The molecule has 0 bridgehead atoms. The van der Waals surface area contributed by atoms with Gasteiger partial charge in [-0.25, -0.2) is 17.9 Å². The molecule has 6 nitrogen and oxygen atoms in total.